The summed E-state index contributed by atoms with van der Waals surface area (Å²) in [7, 11) is 0. The molecule has 0 spiro atoms. The predicted octanol–water partition coefficient (Wildman–Crippen LogP) is 4.64. The first-order valence-electron chi connectivity index (χ1n) is 8.62. The zero-order valence-electron chi connectivity index (χ0n) is 15.2. The van der Waals surface area contributed by atoms with Crippen LogP contribution in [0.15, 0.2) is 65.5 Å². The van der Waals surface area contributed by atoms with Gasteiger partial charge in [-0.05, 0) is 48.9 Å². The molecule has 1 amide bonds. The number of amides is 1. The van der Waals surface area contributed by atoms with E-state index in [1.807, 2.05) is 25.1 Å². The van der Waals surface area contributed by atoms with E-state index in [2.05, 4.69) is 20.5 Å². The number of halogens is 2. The Kier molecular flexibility index (Phi) is 4.82. The van der Waals surface area contributed by atoms with Crippen LogP contribution in [0.3, 0.4) is 0 Å². The summed E-state index contributed by atoms with van der Waals surface area (Å²) in [6.45, 7) is 1.94. The smallest absolute Gasteiger partial charge is 0.261 e. The third-order valence-electron chi connectivity index (χ3n) is 4.33. The number of pyridine rings is 1. The van der Waals surface area contributed by atoms with E-state index < -0.39 is 23.1 Å². The van der Waals surface area contributed by atoms with Crippen molar-refractivity contribution in [3.63, 3.8) is 0 Å². The lowest BCUT2D eigenvalue weighted by Crippen LogP contribution is -2.15. The molecule has 0 aliphatic heterocycles. The molecule has 0 atom stereocenters. The van der Waals surface area contributed by atoms with Crippen molar-refractivity contribution in [3.05, 3.63) is 83.9 Å². The van der Waals surface area contributed by atoms with Crippen molar-refractivity contribution in [1.29, 1.82) is 0 Å². The van der Waals surface area contributed by atoms with Crippen LogP contribution in [0.5, 0.6) is 0 Å². The molecule has 0 saturated heterocycles. The topological polar surface area (TPSA) is 80.9 Å². The van der Waals surface area contributed by atoms with E-state index in [0.717, 1.165) is 28.8 Å². The molecule has 0 unspecified atom stereocenters. The molecule has 8 heteroatoms. The van der Waals surface area contributed by atoms with Crippen molar-refractivity contribution >= 4 is 11.6 Å². The summed E-state index contributed by atoms with van der Waals surface area (Å²) in [5.41, 5.74) is 2.90. The highest BCUT2D eigenvalue weighted by molar-refractivity contribution is 6.04. The second-order valence-electron chi connectivity index (χ2n) is 6.26. The van der Waals surface area contributed by atoms with Gasteiger partial charge < -0.3 is 9.73 Å². The number of aromatic nitrogens is 3. The highest BCUT2D eigenvalue weighted by atomic mass is 19.1. The Labute approximate surface area is 164 Å². The average Bonchev–Trinajstić information content (AvgIpc) is 3.24. The number of nitrogens with zero attached hydrogens (tertiary/aromatic N) is 3. The summed E-state index contributed by atoms with van der Waals surface area (Å²) in [6, 6.07) is 12.2. The highest BCUT2D eigenvalue weighted by Gasteiger charge is 2.17. The Morgan fingerprint density at radius 2 is 1.86 bits per heavy atom. The monoisotopic (exact) mass is 392 g/mol. The Hall–Kier alpha value is -3.94. The highest BCUT2D eigenvalue weighted by Crippen LogP contribution is 2.28. The number of hydrogen-bond acceptors (Lipinski definition) is 5. The Morgan fingerprint density at radius 1 is 1.07 bits per heavy atom. The standard InChI is InChI=1S/C21H14F2N4O2/c1-12-5-6-13(21-27-25-11-29-21)9-15(12)18-8-7-14(10-24-18)26-20(28)19-16(22)3-2-4-17(19)23/h2-11H,1H3,(H,26,28). The Morgan fingerprint density at radius 3 is 2.52 bits per heavy atom. The maximum absolute atomic E-state index is 13.8. The molecule has 2 aromatic carbocycles. The van der Waals surface area contributed by atoms with Gasteiger partial charge in [0, 0.05) is 11.1 Å². The number of benzene rings is 2. The molecule has 0 bridgehead atoms. The molecule has 0 radical (unpaired) electrons. The van der Waals surface area contributed by atoms with Gasteiger partial charge in [0.15, 0.2) is 0 Å². The second-order valence-corrected chi connectivity index (χ2v) is 6.26. The van der Waals surface area contributed by atoms with E-state index in [0.29, 0.717) is 17.3 Å². The van der Waals surface area contributed by atoms with Crippen molar-refractivity contribution in [2.75, 3.05) is 5.32 Å². The number of carbonyl (C=O) groups excluding carboxylic acids is 1. The lowest BCUT2D eigenvalue weighted by atomic mass is 10.0. The SMILES string of the molecule is Cc1ccc(-c2nnco2)cc1-c1ccc(NC(=O)c2c(F)cccc2F)cn1. The van der Waals surface area contributed by atoms with Crippen molar-refractivity contribution in [2.45, 2.75) is 6.92 Å². The van der Waals surface area contributed by atoms with E-state index in [4.69, 9.17) is 4.42 Å². The van der Waals surface area contributed by atoms with Crippen molar-refractivity contribution < 1.29 is 18.0 Å². The Balaban J connectivity index is 1.59. The molecule has 4 rings (SSSR count). The lowest BCUT2D eigenvalue weighted by molar-refractivity contribution is 0.101. The van der Waals surface area contributed by atoms with E-state index in [-0.39, 0.29) is 0 Å². The molecule has 144 valence electrons. The van der Waals surface area contributed by atoms with Gasteiger partial charge in [0.2, 0.25) is 12.3 Å². The second kappa shape index (κ2) is 7.59. The fraction of sp³-hybridized carbons (Fsp3) is 0.0476. The number of nitrogens with one attached hydrogen (secondary N) is 1. The number of aryl methyl sites for hydroxylation is 1. The van der Waals surface area contributed by atoms with E-state index in [1.165, 1.54) is 18.7 Å². The van der Waals surface area contributed by atoms with Crippen LogP contribution in [0, 0.1) is 18.6 Å². The van der Waals surface area contributed by atoms with Gasteiger partial charge in [-0.3, -0.25) is 9.78 Å². The fourth-order valence-electron chi connectivity index (χ4n) is 2.87. The van der Waals surface area contributed by atoms with Crippen LogP contribution >= 0.6 is 0 Å². The maximum atomic E-state index is 13.8. The molecule has 29 heavy (non-hydrogen) atoms. The molecule has 6 nitrogen and oxygen atoms in total. The normalized spacial score (nSPS) is 10.7. The minimum atomic E-state index is -0.930. The molecule has 4 aromatic rings. The van der Waals surface area contributed by atoms with E-state index >= 15 is 0 Å². The molecule has 1 N–H and O–H groups in total. The quantitative estimate of drug-likeness (QED) is 0.547. The summed E-state index contributed by atoms with van der Waals surface area (Å²) < 4.78 is 32.7. The average molecular weight is 392 g/mol. The summed E-state index contributed by atoms with van der Waals surface area (Å²) in [6.07, 6.45) is 2.67. The van der Waals surface area contributed by atoms with Crippen LogP contribution < -0.4 is 5.32 Å². The van der Waals surface area contributed by atoms with Crippen LogP contribution in [0.25, 0.3) is 22.7 Å². The van der Waals surface area contributed by atoms with Crippen molar-refractivity contribution in [1.82, 2.24) is 15.2 Å². The number of rotatable bonds is 4. The molecule has 2 aromatic heterocycles. The van der Waals surface area contributed by atoms with Gasteiger partial charge in [-0.15, -0.1) is 10.2 Å². The van der Waals surface area contributed by atoms with Crippen molar-refractivity contribution in [3.8, 4) is 22.7 Å². The van der Waals surface area contributed by atoms with Gasteiger partial charge >= 0.3 is 0 Å². The summed E-state index contributed by atoms with van der Waals surface area (Å²) >= 11 is 0. The molecule has 0 aliphatic rings. The van der Waals surface area contributed by atoms with Crippen molar-refractivity contribution in [2.24, 2.45) is 0 Å². The summed E-state index contributed by atoms with van der Waals surface area (Å²) in [5.74, 6) is -2.35. The van der Waals surface area contributed by atoms with Crippen LogP contribution in [-0.2, 0) is 0 Å². The minimum Gasteiger partial charge on any atom is -0.423 e. The first-order valence-corrected chi connectivity index (χ1v) is 8.62. The van der Waals surface area contributed by atoms with Gasteiger partial charge in [0.25, 0.3) is 5.91 Å². The number of anilines is 1. The van der Waals surface area contributed by atoms with Gasteiger partial charge in [-0.25, -0.2) is 8.78 Å². The van der Waals surface area contributed by atoms with Gasteiger partial charge in [0.05, 0.1) is 17.6 Å². The first-order chi connectivity index (χ1) is 14.0. The van der Waals surface area contributed by atoms with Gasteiger partial charge in [-0.2, -0.15) is 0 Å². The zero-order chi connectivity index (χ0) is 20.4. The molecule has 0 aliphatic carbocycles. The zero-order valence-corrected chi connectivity index (χ0v) is 15.2. The van der Waals surface area contributed by atoms with E-state index in [9.17, 15) is 13.6 Å². The lowest BCUT2D eigenvalue weighted by Gasteiger charge is -2.09. The van der Waals surface area contributed by atoms with Crippen LogP contribution in [0.4, 0.5) is 14.5 Å². The van der Waals surface area contributed by atoms with Crippen LogP contribution in [0.2, 0.25) is 0 Å². The van der Waals surface area contributed by atoms with Gasteiger partial charge in [-0.1, -0.05) is 12.1 Å². The number of carbonyl (C=O) groups is 1. The van der Waals surface area contributed by atoms with E-state index in [1.54, 1.807) is 12.1 Å². The Bertz CT molecular complexity index is 1160. The summed E-state index contributed by atoms with van der Waals surface area (Å²) in [5, 5.41) is 10.0. The molecular formula is C21H14F2N4O2. The summed E-state index contributed by atoms with van der Waals surface area (Å²) in [4.78, 5) is 16.6. The number of hydrogen-bond donors (Lipinski definition) is 1. The largest absolute Gasteiger partial charge is 0.423 e. The fourth-order valence-corrected chi connectivity index (χ4v) is 2.87. The molecule has 0 saturated carbocycles. The van der Waals surface area contributed by atoms with Gasteiger partial charge in [0.1, 0.15) is 17.2 Å². The third kappa shape index (κ3) is 3.73. The minimum absolute atomic E-state index is 0.312. The first kappa shape index (κ1) is 18.4. The molecule has 0 fully saturated rings. The van der Waals surface area contributed by atoms with Crippen LogP contribution in [0.1, 0.15) is 15.9 Å². The molecule has 2 heterocycles. The maximum Gasteiger partial charge on any atom is 0.261 e. The predicted molar refractivity (Wildman–Crippen MR) is 102 cm³/mol. The molecular weight excluding hydrogens is 378 g/mol. The van der Waals surface area contributed by atoms with Crippen LogP contribution in [-0.4, -0.2) is 21.1 Å². The third-order valence-corrected chi connectivity index (χ3v) is 4.33.